The van der Waals surface area contributed by atoms with Crippen LogP contribution in [0.25, 0.3) is 22.3 Å². The van der Waals surface area contributed by atoms with E-state index >= 15 is 0 Å². The number of hydrogen-bond donors (Lipinski definition) is 0. The molecule has 2 aliphatic heterocycles. The van der Waals surface area contributed by atoms with E-state index in [-0.39, 0.29) is 17.6 Å². The maximum Gasteiger partial charge on any atom is 0.242 e. The van der Waals surface area contributed by atoms with Crippen LogP contribution in [0, 0.1) is 19.7 Å². The average Bonchev–Trinajstić information content (AvgIpc) is 3.81. The third kappa shape index (κ3) is 5.47. The summed E-state index contributed by atoms with van der Waals surface area (Å²) in [7, 11) is 1.80. The number of rotatable bonds is 4. The Labute approximate surface area is 294 Å². The van der Waals surface area contributed by atoms with Crippen LogP contribution in [0.2, 0.25) is 0 Å². The molecule has 2 amide bonds. The van der Waals surface area contributed by atoms with E-state index in [9.17, 15) is 14.0 Å². The summed E-state index contributed by atoms with van der Waals surface area (Å²) in [6.45, 7) is 11.7. The van der Waals surface area contributed by atoms with Crippen LogP contribution in [0.15, 0.2) is 91.6 Å². The van der Waals surface area contributed by atoms with Gasteiger partial charge in [-0.3, -0.25) is 29.1 Å². The molecule has 9 nitrogen and oxygen atoms in total. The van der Waals surface area contributed by atoms with Gasteiger partial charge in [-0.25, -0.2) is 14.4 Å². The van der Waals surface area contributed by atoms with Gasteiger partial charge in [-0.15, -0.1) is 11.3 Å². The van der Waals surface area contributed by atoms with Crippen molar-refractivity contribution in [1.82, 2.24) is 24.7 Å². The van der Waals surface area contributed by atoms with E-state index < -0.39 is 10.8 Å². The molecule has 2 aromatic carbocycles. The van der Waals surface area contributed by atoms with Crippen molar-refractivity contribution < 1.29 is 14.0 Å². The Hall–Kier alpha value is -5.55. The molecule has 11 heteroatoms. The molecule has 8 rings (SSSR count). The SMILES string of the molecule is Cc1ncc(-c2ccc3c(c2)N(c2ccc(C)s2)C(=O)C3(C)C)cn1.Cn1ccc(N2C(=O)C(C)(C)c3ccc(-c4cnccc4F)cc32)n1. The quantitative estimate of drug-likeness (QED) is 0.185. The molecule has 2 aliphatic rings. The zero-order valence-electron chi connectivity index (χ0n) is 28.9. The van der Waals surface area contributed by atoms with Gasteiger partial charge in [-0.1, -0.05) is 24.3 Å². The fraction of sp³-hybridized carbons (Fsp3) is 0.231. The van der Waals surface area contributed by atoms with Gasteiger partial charge in [-0.2, -0.15) is 5.10 Å². The highest BCUT2D eigenvalue weighted by Gasteiger charge is 2.46. The number of pyridine rings is 1. The number of aromatic nitrogens is 5. The monoisotopic (exact) mass is 685 g/mol. The fourth-order valence-corrected chi connectivity index (χ4v) is 7.36. The lowest BCUT2D eigenvalue weighted by Gasteiger charge is -2.18. The molecule has 0 radical (unpaired) electrons. The number of benzene rings is 2. The summed E-state index contributed by atoms with van der Waals surface area (Å²) in [5, 5.41) is 5.33. The van der Waals surface area contributed by atoms with Crippen molar-refractivity contribution in [2.45, 2.75) is 52.4 Å². The Balaban J connectivity index is 0.000000157. The largest absolute Gasteiger partial charge is 0.274 e. The first-order valence-corrected chi connectivity index (χ1v) is 17.0. The Morgan fingerprint density at radius 3 is 1.94 bits per heavy atom. The van der Waals surface area contributed by atoms with E-state index in [0.717, 1.165) is 44.5 Å². The van der Waals surface area contributed by atoms with Gasteiger partial charge in [0.25, 0.3) is 0 Å². The highest BCUT2D eigenvalue weighted by Crippen LogP contribution is 2.49. The summed E-state index contributed by atoms with van der Waals surface area (Å²) in [6.07, 6.45) is 8.35. The van der Waals surface area contributed by atoms with Gasteiger partial charge in [0.15, 0.2) is 5.82 Å². The molecule has 252 valence electrons. The maximum absolute atomic E-state index is 14.1. The first-order chi connectivity index (χ1) is 23.8. The van der Waals surface area contributed by atoms with Gasteiger partial charge < -0.3 is 0 Å². The van der Waals surface area contributed by atoms with Crippen LogP contribution >= 0.6 is 11.3 Å². The Morgan fingerprint density at radius 2 is 1.34 bits per heavy atom. The van der Waals surface area contributed by atoms with E-state index in [0.29, 0.717) is 16.9 Å². The van der Waals surface area contributed by atoms with Crippen LogP contribution < -0.4 is 9.80 Å². The smallest absolute Gasteiger partial charge is 0.242 e. The zero-order chi connectivity index (χ0) is 35.5. The summed E-state index contributed by atoms with van der Waals surface area (Å²) in [6, 6.07) is 18.9. The molecule has 0 spiro atoms. The van der Waals surface area contributed by atoms with Gasteiger partial charge in [0.05, 0.1) is 22.2 Å². The van der Waals surface area contributed by atoms with E-state index in [1.165, 1.54) is 23.3 Å². The summed E-state index contributed by atoms with van der Waals surface area (Å²) in [5.41, 5.74) is 5.49. The molecule has 0 atom stereocenters. The highest BCUT2D eigenvalue weighted by molar-refractivity contribution is 7.16. The van der Waals surface area contributed by atoms with Gasteiger partial charge >= 0.3 is 0 Å². The van der Waals surface area contributed by atoms with Crippen LogP contribution in [0.4, 0.5) is 26.6 Å². The first kappa shape index (κ1) is 33.0. The van der Waals surface area contributed by atoms with Gasteiger partial charge in [0.1, 0.15) is 16.6 Å². The second-order valence-electron chi connectivity index (χ2n) is 13.6. The summed E-state index contributed by atoms with van der Waals surface area (Å²) >= 11 is 1.64. The number of carbonyl (C=O) groups is 2. The van der Waals surface area contributed by atoms with E-state index in [2.05, 4.69) is 45.2 Å². The zero-order valence-corrected chi connectivity index (χ0v) is 29.7. The number of halogens is 1. The predicted octanol–water partition coefficient (Wildman–Crippen LogP) is 8.35. The second kappa shape index (κ2) is 12.1. The lowest BCUT2D eigenvalue weighted by Crippen LogP contribution is -2.33. The van der Waals surface area contributed by atoms with Crippen molar-refractivity contribution in [2.24, 2.45) is 7.05 Å². The molecule has 4 aromatic heterocycles. The van der Waals surface area contributed by atoms with Crippen molar-refractivity contribution in [1.29, 1.82) is 0 Å². The fourth-order valence-electron chi connectivity index (χ4n) is 6.49. The molecule has 0 aliphatic carbocycles. The molecular weight excluding hydrogens is 650 g/mol. The highest BCUT2D eigenvalue weighted by atomic mass is 32.1. The van der Waals surface area contributed by atoms with Crippen LogP contribution in [0.5, 0.6) is 0 Å². The first-order valence-electron chi connectivity index (χ1n) is 16.2. The molecule has 0 saturated carbocycles. The molecule has 0 N–H and O–H groups in total. The van der Waals surface area contributed by atoms with E-state index in [1.54, 1.807) is 40.2 Å². The number of hydrogen-bond acceptors (Lipinski definition) is 7. The number of nitrogens with zero attached hydrogens (tertiary/aromatic N) is 7. The minimum Gasteiger partial charge on any atom is -0.274 e. The molecule has 6 heterocycles. The lowest BCUT2D eigenvalue weighted by molar-refractivity contribution is -0.122. The minimum atomic E-state index is -0.668. The third-order valence-corrected chi connectivity index (χ3v) is 10.4. The number of thiophene rings is 1. The van der Waals surface area contributed by atoms with Crippen LogP contribution in [-0.2, 0) is 27.5 Å². The number of aryl methyl sites for hydroxylation is 3. The summed E-state index contributed by atoms with van der Waals surface area (Å²) < 4.78 is 15.8. The van der Waals surface area contributed by atoms with Crippen LogP contribution in [-0.4, -0.2) is 36.5 Å². The number of anilines is 4. The van der Waals surface area contributed by atoms with Crippen LogP contribution in [0.1, 0.15) is 49.5 Å². The standard InChI is InChI=1S/C20H19N3OS.C19H17FN4O/c1-12-5-8-18(25-12)23-17-9-14(15-10-21-13(2)22-11-15)6-7-16(17)20(3,4)19(23)24;1-19(2)14-5-4-12(13-11-21-8-6-15(13)20)10-16(14)24(18(19)25)17-7-9-23(3)22-17/h5-11H,1-4H3;4-11H,1-3H3. The Morgan fingerprint density at radius 1 is 0.720 bits per heavy atom. The summed E-state index contributed by atoms with van der Waals surface area (Å²) in [5.74, 6) is 1.02. The molecule has 50 heavy (non-hydrogen) atoms. The number of carbonyl (C=O) groups excluding carboxylic acids is 2. The van der Waals surface area contributed by atoms with Gasteiger partial charge in [0, 0.05) is 60.1 Å². The Kier molecular flexibility index (Phi) is 7.98. The molecule has 6 aromatic rings. The lowest BCUT2D eigenvalue weighted by atomic mass is 9.85. The van der Waals surface area contributed by atoms with Gasteiger partial charge in [0.2, 0.25) is 11.8 Å². The molecular formula is C39H36FN7O2S. The van der Waals surface area contributed by atoms with Gasteiger partial charge in [-0.05, 0) is 94.1 Å². The minimum absolute atomic E-state index is 0.0509. The van der Waals surface area contributed by atoms with E-state index in [1.807, 2.05) is 82.2 Å². The van der Waals surface area contributed by atoms with Crippen molar-refractivity contribution in [3.8, 4) is 22.3 Å². The van der Waals surface area contributed by atoms with Crippen molar-refractivity contribution >= 4 is 45.3 Å². The number of fused-ring (bicyclic) bond motifs is 2. The normalized spacial score (nSPS) is 15.5. The molecule has 0 saturated heterocycles. The van der Waals surface area contributed by atoms with Crippen molar-refractivity contribution in [2.75, 3.05) is 9.80 Å². The molecule has 0 fully saturated rings. The van der Waals surface area contributed by atoms with Crippen molar-refractivity contribution in [3.63, 3.8) is 0 Å². The second-order valence-corrected chi connectivity index (χ2v) is 14.9. The molecule has 0 bridgehead atoms. The third-order valence-electron chi connectivity index (χ3n) is 9.37. The molecule has 0 unspecified atom stereocenters. The van der Waals surface area contributed by atoms with E-state index in [4.69, 9.17) is 0 Å². The summed E-state index contributed by atoms with van der Waals surface area (Å²) in [4.78, 5) is 43.3. The Bertz CT molecular complexity index is 2290. The average molecular weight is 686 g/mol. The predicted molar refractivity (Wildman–Crippen MR) is 194 cm³/mol. The van der Waals surface area contributed by atoms with Crippen molar-refractivity contribution in [3.05, 3.63) is 119 Å². The topological polar surface area (TPSA) is 97.1 Å². The van der Waals surface area contributed by atoms with Crippen LogP contribution in [0.3, 0.4) is 0 Å². The number of amides is 2. The maximum atomic E-state index is 14.1.